The molecule has 0 saturated carbocycles. The molecule has 5 nitrogen and oxygen atoms in total. The van der Waals surface area contributed by atoms with Gasteiger partial charge in [-0.25, -0.2) is 4.98 Å². The second-order valence-corrected chi connectivity index (χ2v) is 6.62. The second kappa shape index (κ2) is 9.07. The Morgan fingerprint density at radius 3 is 2.39 bits per heavy atom. The van der Waals surface area contributed by atoms with Gasteiger partial charge in [-0.05, 0) is 30.7 Å². The third-order valence-electron chi connectivity index (χ3n) is 4.01. The van der Waals surface area contributed by atoms with E-state index < -0.39 is 0 Å². The zero-order chi connectivity index (χ0) is 19.9. The van der Waals surface area contributed by atoms with Crippen molar-refractivity contribution in [3.05, 3.63) is 58.4 Å². The fourth-order valence-corrected chi connectivity index (χ4v) is 3.51. The molecule has 2 aromatic carbocycles. The molecule has 0 radical (unpaired) electrons. The van der Waals surface area contributed by atoms with Gasteiger partial charge < -0.3 is 14.2 Å². The first kappa shape index (κ1) is 19.5. The molecule has 28 heavy (non-hydrogen) atoms. The summed E-state index contributed by atoms with van der Waals surface area (Å²) >= 11 is 1.44. The van der Waals surface area contributed by atoms with Crippen LogP contribution in [-0.4, -0.2) is 25.8 Å². The lowest BCUT2D eigenvalue weighted by Crippen LogP contribution is -1.99. The topological polar surface area (TPSA) is 64.4 Å². The Morgan fingerprint density at radius 2 is 1.82 bits per heavy atom. The molecule has 0 atom stereocenters. The molecule has 0 bridgehead atoms. The number of aromatic nitrogens is 1. The van der Waals surface area contributed by atoms with Gasteiger partial charge in [0.05, 0.1) is 32.1 Å². The first-order valence-corrected chi connectivity index (χ1v) is 9.60. The SMILES string of the molecule is CCOc1c(OC)cc(/C=C(/C#N)c2nc(-c3ccccc3)cs2)cc1OC. The molecular formula is C22H20N2O3S. The van der Waals surface area contributed by atoms with Crippen molar-refractivity contribution in [2.24, 2.45) is 0 Å². The first-order chi connectivity index (χ1) is 13.7. The molecule has 0 fully saturated rings. The molecule has 0 amide bonds. The van der Waals surface area contributed by atoms with Gasteiger partial charge in [0.1, 0.15) is 11.1 Å². The summed E-state index contributed by atoms with van der Waals surface area (Å²) in [5.41, 5.74) is 3.11. The number of rotatable bonds is 7. The third-order valence-corrected chi connectivity index (χ3v) is 4.88. The van der Waals surface area contributed by atoms with Gasteiger partial charge in [0.25, 0.3) is 0 Å². The summed E-state index contributed by atoms with van der Waals surface area (Å²) in [5, 5.41) is 12.3. The number of thiazole rings is 1. The van der Waals surface area contributed by atoms with E-state index in [4.69, 9.17) is 14.2 Å². The van der Waals surface area contributed by atoms with Gasteiger partial charge in [-0.3, -0.25) is 0 Å². The van der Waals surface area contributed by atoms with Crippen molar-refractivity contribution in [3.8, 4) is 34.6 Å². The molecule has 0 N–H and O–H groups in total. The molecule has 0 saturated heterocycles. The van der Waals surface area contributed by atoms with Crippen LogP contribution in [0.25, 0.3) is 22.9 Å². The maximum absolute atomic E-state index is 9.67. The quantitative estimate of drug-likeness (QED) is 0.511. The van der Waals surface area contributed by atoms with Crippen LogP contribution in [0.3, 0.4) is 0 Å². The van der Waals surface area contributed by atoms with Gasteiger partial charge in [0, 0.05) is 10.9 Å². The number of benzene rings is 2. The van der Waals surface area contributed by atoms with Crippen molar-refractivity contribution in [2.75, 3.05) is 20.8 Å². The van der Waals surface area contributed by atoms with Crippen molar-refractivity contribution in [2.45, 2.75) is 6.92 Å². The van der Waals surface area contributed by atoms with E-state index >= 15 is 0 Å². The Kier molecular flexibility index (Phi) is 6.30. The van der Waals surface area contributed by atoms with Crippen LogP contribution in [0.4, 0.5) is 0 Å². The number of nitriles is 1. The predicted octanol–water partition coefficient (Wildman–Crippen LogP) is 5.29. The number of hydrogen-bond acceptors (Lipinski definition) is 6. The Hall–Kier alpha value is -3.30. The van der Waals surface area contributed by atoms with E-state index in [-0.39, 0.29) is 0 Å². The molecule has 6 heteroatoms. The predicted molar refractivity (Wildman–Crippen MR) is 112 cm³/mol. The average molecular weight is 392 g/mol. The largest absolute Gasteiger partial charge is 0.493 e. The molecule has 0 aliphatic heterocycles. The van der Waals surface area contributed by atoms with Crippen LogP contribution in [0, 0.1) is 11.3 Å². The number of ether oxygens (including phenoxy) is 3. The highest BCUT2D eigenvalue weighted by Gasteiger charge is 2.15. The molecule has 0 aliphatic carbocycles. The van der Waals surface area contributed by atoms with Crippen molar-refractivity contribution in [1.82, 2.24) is 4.98 Å². The van der Waals surface area contributed by atoms with E-state index in [2.05, 4.69) is 11.1 Å². The lowest BCUT2D eigenvalue weighted by Gasteiger charge is -2.14. The standard InChI is InChI=1S/C22H20N2O3S/c1-4-27-21-19(25-2)11-15(12-20(21)26-3)10-17(13-23)22-24-18(14-28-22)16-8-6-5-7-9-16/h5-12,14H,4H2,1-3H3/b17-10-. The summed E-state index contributed by atoms with van der Waals surface area (Å²) in [6, 6.07) is 15.8. The van der Waals surface area contributed by atoms with Crippen LogP contribution >= 0.6 is 11.3 Å². The van der Waals surface area contributed by atoms with Crippen LogP contribution in [-0.2, 0) is 0 Å². The van der Waals surface area contributed by atoms with Gasteiger partial charge in [0.2, 0.25) is 5.75 Å². The summed E-state index contributed by atoms with van der Waals surface area (Å²) in [5.74, 6) is 1.64. The van der Waals surface area contributed by atoms with E-state index in [0.717, 1.165) is 16.8 Å². The van der Waals surface area contributed by atoms with Crippen molar-refractivity contribution < 1.29 is 14.2 Å². The maximum atomic E-state index is 9.67. The van der Waals surface area contributed by atoms with E-state index in [0.29, 0.717) is 34.4 Å². The summed E-state index contributed by atoms with van der Waals surface area (Å²) in [4.78, 5) is 4.62. The summed E-state index contributed by atoms with van der Waals surface area (Å²) in [7, 11) is 3.14. The smallest absolute Gasteiger partial charge is 0.203 e. The highest BCUT2D eigenvalue weighted by Crippen LogP contribution is 2.39. The van der Waals surface area contributed by atoms with Crippen LogP contribution in [0.5, 0.6) is 17.2 Å². The van der Waals surface area contributed by atoms with Crippen molar-refractivity contribution in [3.63, 3.8) is 0 Å². The first-order valence-electron chi connectivity index (χ1n) is 8.72. The van der Waals surface area contributed by atoms with Crippen LogP contribution in [0.2, 0.25) is 0 Å². The highest BCUT2D eigenvalue weighted by molar-refractivity contribution is 7.11. The maximum Gasteiger partial charge on any atom is 0.203 e. The molecule has 1 heterocycles. The minimum Gasteiger partial charge on any atom is -0.493 e. The zero-order valence-electron chi connectivity index (χ0n) is 15.9. The zero-order valence-corrected chi connectivity index (χ0v) is 16.7. The molecule has 0 unspecified atom stereocenters. The second-order valence-electron chi connectivity index (χ2n) is 5.76. The molecule has 0 aliphatic rings. The third kappa shape index (κ3) is 4.16. The number of hydrogen-bond donors (Lipinski definition) is 0. The van der Waals surface area contributed by atoms with Gasteiger partial charge in [-0.1, -0.05) is 30.3 Å². The monoisotopic (exact) mass is 392 g/mol. The van der Waals surface area contributed by atoms with E-state index in [1.54, 1.807) is 20.3 Å². The van der Waals surface area contributed by atoms with Crippen LogP contribution in [0.15, 0.2) is 47.8 Å². The number of allylic oxidation sites excluding steroid dienone is 1. The minimum atomic E-state index is 0.473. The fraction of sp³-hybridized carbons (Fsp3) is 0.182. The van der Waals surface area contributed by atoms with Crippen molar-refractivity contribution in [1.29, 1.82) is 5.26 Å². The molecule has 142 valence electrons. The molecule has 3 rings (SSSR count). The molecule has 1 aromatic heterocycles. The van der Waals surface area contributed by atoms with Crippen LogP contribution < -0.4 is 14.2 Å². The van der Waals surface area contributed by atoms with Crippen LogP contribution in [0.1, 0.15) is 17.5 Å². The van der Waals surface area contributed by atoms with Crippen molar-refractivity contribution >= 4 is 23.0 Å². The fourth-order valence-electron chi connectivity index (χ4n) is 2.72. The Balaban J connectivity index is 1.99. The Labute approximate surface area is 168 Å². The number of nitrogens with zero attached hydrogens (tertiary/aromatic N) is 2. The molecule has 3 aromatic rings. The lowest BCUT2D eigenvalue weighted by molar-refractivity contribution is 0.288. The normalized spacial score (nSPS) is 11.0. The van der Waals surface area contributed by atoms with E-state index in [1.807, 2.05) is 54.8 Å². The Morgan fingerprint density at radius 1 is 1.14 bits per heavy atom. The van der Waals surface area contributed by atoms with E-state index in [9.17, 15) is 5.26 Å². The van der Waals surface area contributed by atoms with Gasteiger partial charge >= 0.3 is 0 Å². The van der Waals surface area contributed by atoms with E-state index in [1.165, 1.54) is 11.3 Å². The highest BCUT2D eigenvalue weighted by atomic mass is 32.1. The lowest BCUT2D eigenvalue weighted by atomic mass is 10.1. The van der Waals surface area contributed by atoms with Gasteiger partial charge in [0.15, 0.2) is 11.5 Å². The Bertz CT molecular complexity index is 995. The summed E-state index contributed by atoms with van der Waals surface area (Å²) in [6.07, 6.45) is 1.77. The van der Waals surface area contributed by atoms with Gasteiger partial charge in [-0.2, -0.15) is 5.26 Å². The number of methoxy groups -OCH3 is 2. The average Bonchev–Trinajstić information content (AvgIpc) is 3.23. The molecular weight excluding hydrogens is 372 g/mol. The minimum absolute atomic E-state index is 0.473. The molecule has 0 spiro atoms. The van der Waals surface area contributed by atoms with Gasteiger partial charge in [-0.15, -0.1) is 11.3 Å². The summed E-state index contributed by atoms with van der Waals surface area (Å²) < 4.78 is 16.5. The summed E-state index contributed by atoms with van der Waals surface area (Å²) in [6.45, 7) is 2.39.